The summed E-state index contributed by atoms with van der Waals surface area (Å²) in [6.45, 7) is 10.5. The second kappa shape index (κ2) is 11.5. The number of aliphatic imine (C=N–C) groups is 1. The molecule has 3 rings (SSSR count). The molecule has 0 radical (unpaired) electrons. The van der Waals surface area contributed by atoms with Crippen LogP contribution >= 0.6 is 24.0 Å². The number of halogens is 1. The molecule has 0 spiro atoms. The van der Waals surface area contributed by atoms with E-state index in [2.05, 4.69) is 49.0 Å². The smallest absolute Gasteiger partial charge is 0.234 e. The molecule has 9 nitrogen and oxygen atoms in total. The number of piperazine rings is 1. The largest absolute Gasteiger partial charge is 0.357 e. The van der Waals surface area contributed by atoms with Gasteiger partial charge in [-0.25, -0.2) is 0 Å². The van der Waals surface area contributed by atoms with Gasteiger partial charge in [0.1, 0.15) is 12.2 Å². The Morgan fingerprint density at radius 2 is 2.00 bits per heavy atom. The first kappa shape index (κ1) is 22.9. The Balaban J connectivity index is 0.00000280. The molecule has 2 aliphatic rings. The van der Waals surface area contributed by atoms with Crippen molar-refractivity contribution in [1.29, 1.82) is 0 Å². The molecule has 1 aromatic heterocycles. The maximum absolute atomic E-state index is 12.0. The third-order valence-corrected chi connectivity index (χ3v) is 4.93. The molecule has 0 unspecified atom stereocenters. The molecule has 28 heavy (non-hydrogen) atoms. The summed E-state index contributed by atoms with van der Waals surface area (Å²) < 4.78 is 2.06. The number of amides is 1. The molecular formula is C18H33IN8O. The topological polar surface area (TPSA) is 90.7 Å². The van der Waals surface area contributed by atoms with Crippen LogP contribution in [0.3, 0.4) is 0 Å². The SMILES string of the molecule is CCNC(=NCCn1cnnc1CC)N1CCN(CC(=O)NC2CC2)CC1.I. The lowest BCUT2D eigenvalue weighted by molar-refractivity contribution is -0.122. The number of carbonyl (C=O) groups excluding carboxylic acids is 1. The molecule has 1 saturated carbocycles. The molecule has 2 fully saturated rings. The van der Waals surface area contributed by atoms with Crippen molar-refractivity contribution in [2.75, 3.05) is 45.8 Å². The summed E-state index contributed by atoms with van der Waals surface area (Å²) in [6.07, 6.45) is 4.92. The number of aromatic nitrogens is 3. The number of aryl methyl sites for hydroxylation is 1. The average Bonchev–Trinajstić information content (AvgIpc) is 3.36. The Morgan fingerprint density at radius 1 is 1.25 bits per heavy atom. The van der Waals surface area contributed by atoms with Crippen molar-refractivity contribution in [3.63, 3.8) is 0 Å². The standard InChI is InChI=1S/C18H32N8O.HI/c1-3-16-23-21-14-26(16)8-7-20-18(19-4-2)25-11-9-24(10-12-25)13-17(27)22-15-5-6-15;/h14-15H,3-13H2,1-2H3,(H,19,20)(H,22,27);1H. The van der Waals surface area contributed by atoms with Crippen LogP contribution in [0.2, 0.25) is 0 Å². The van der Waals surface area contributed by atoms with Crippen LogP contribution in [0.1, 0.15) is 32.5 Å². The minimum Gasteiger partial charge on any atom is -0.357 e. The summed E-state index contributed by atoms with van der Waals surface area (Å²) in [7, 11) is 0. The van der Waals surface area contributed by atoms with E-state index in [1.807, 2.05) is 0 Å². The van der Waals surface area contributed by atoms with Crippen molar-refractivity contribution in [1.82, 2.24) is 35.2 Å². The number of guanidine groups is 1. The van der Waals surface area contributed by atoms with Crippen LogP contribution in [-0.4, -0.2) is 88.3 Å². The van der Waals surface area contributed by atoms with Crippen LogP contribution in [0.15, 0.2) is 11.3 Å². The Morgan fingerprint density at radius 3 is 2.64 bits per heavy atom. The van der Waals surface area contributed by atoms with E-state index in [9.17, 15) is 4.79 Å². The van der Waals surface area contributed by atoms with E-state index in [1.54, 1.807) is 6.33 Å². The first-order valence-corrected chi connectivity index (χ1v) is 10.1. The van der Waals surface area contributed by atoms with Crippen molar-refractivity contribution in [2.45, 2.75) is 45.7 Å². The molecular weight excluding hydrogens is 471 g/mol. The van der Waals surface area contributed by atoms with Gasteiger partial charge in [-0.1, -0.05) is 6.92 Å². The molecule has 0 aromatic carbocycles. The molecule has 1 aliphatic heterocycles. The first-order chi connectivity index (χ1) is 13.2. The fourth-order valence-corrected chi connectivity index (χ4v) is 3.25. The third-order valence-electron chi connectivity index (χ3n) is 4.93. The highest BCUT2D eigenvalue weighted by Gasteiger charge is 2.25. The molecule has 158 valence electrons. The van der Waals surface area contributed by atoms with E-state index in [4.69, 9.17) is 4.99 Å². The number of hydrogen-bond donors (Lipinski definition) is 2. The fourth-order valence-electron chi connectivity index (χ4n) is 3.25. The minimum absolute atomic E-state index is 0. The lowest BCUT2D eigenvalue weighted by Gasteiger charge is -2.36. The van der Waals surface area contributed by atoms with Crippen LogP contribution < -0.4 is 10.6 Å². The van der Waals surface area contributed by atoms with Crippen molar-refractivity contribution < 1.29 is 4.79 Å². The zero-order valence-corrected chi connectivity index (χ0v) is 19.3. The minimum atomic E-state index is 0. The molecule has 10 heteroatoms. The number of nitrogens with one attached hydrogen (secondary N) is 2. The van der Waals surface area contributed by atoms with Crippen molar-refractivity contribution >= 4 is 35.8 Å². The van der Waals surface area contributed by atoms with Gasteiger partial charge in [-0.3, -0.25) is 14.7 Å². The van der Waals surface area contributed by atoms with Gasteiger partial charge in [0.05, 0.1) is 13.1 Å². The average molecular weight is 504 g/mol. The third kappa shape index (κ3) is 6.87. The quantitative estimate of drug-likeness (QED) is 0.301. The number of carbonyl (C=O) groups is 1. The molecule has 1 aromatic rings. The van der Waals surface area contributed by atoms with Gasteiger partial charge < -0.3 is 20.1 Å². The van der Waals surface area contributed by atoms with Gasteiger partial charge in [0.15, 0.2) is 5.96 Å². The number of nitrogens with zero attached hydrogens (tertiary/aromatic N) is 6. The van der Waals surface area contributed by atoms with Crippen LogP contribution in [0.5, 0.6) is 0 Å². The van der Waals surface area contributed by atoms with E-state index in [0.29, 0.717) is 19.1 Å². The maximum Gasteiger partial charge on any atom is 0.234 e. The predicted octanol–water partition coefficient (Wildman–Crippen LogP) is 0.320. The highest BCUT2D eigenvalue weighted by Crippen LogP contribution is 2.18. The molecule has 1 saturated heterocycles. The first-order valence-electron chi connectivity index (χ1n) is 10.1. The summed E-state index contributed by atoms with van der Waals surface area (Å²) in [6, 6.07) is 0.435. The molecule has 2 heterocycles. The van der Waals surface area contributed by atoms with Gasteiger partial charge in [-0.2, -0.15) is 0 Å². The molecule has 1 aliphatic carbocycles. The predicted molar refractivity (Wildman–Crippen MR) is 120 cm³/mol. The summed E-state index contributed by atoms with van der Waals surface area (Å²) >= 11 is 0. The highest BCUT2D eigenvalue weighted by atomic mass is 127. The van der Waals surface area contributed by atoms with E-state index in [0.717, 1.165) is 70.3 Å². The van der Waals surface area contributed by atoms with Gasteiger partial charge in [0.2, 0.25) is 5.91 Å². The summed E-state index contributed by atoms with van der Waals surface area (Å²) in [5, 5.41) is 14.5. The van der Waals surface area contributed by atoms with Gasteiger partial charge in [0.25, 0.3) is 0 Å². The number of hydrogen-bond acceptors (Lipinski definition) is 5. The van der Waals surface area contributed by atoms with Crippen LogP contribution in [0.4, 0.5) is 0 Å². The van der Waals surface area contributed by atoms with Gasteiger partial charge >= 0.3 is 0 Å². The van der Waals surface area contributed by atoms with Gasteiger partial charge in [0, 0.05) is 51.7 Å². The molecule has 2 N–H and O–H groups in total. The van der Waals surface area contributed by atoms with Crippen LogP contribution in [0, 0.1) is 0 Å². The fraction of sp³-hybridized carbons (Fsp3) is 0.778. The Hall–Kier alpha value is -1.43. The number of rotatable bonds is 8. The van der Waals surface area contributed by atoms with E-state index in [-0.39, 0.29) is 29.9 Å². The molecule has 0 bridgehead atoms. The molecule has 1 amide bonds. The lowest BCUT2D eigenvalue weighted by Crippen LogP contribution is -2.54. The van der Waals surface area contributed by atoms with Crippen LogP contribution in [0.25, 0.3) is 0 Å². The van der Waals surface area contributed by atoms with Crippen molar-refractivity contribution in [2.24, 2.45) is 4.99 Å². The van der Waals surface area contributed by atoms with E-state index >= 15 is 0 Å². The Bertz CT molecular complexity index is 637. The van der Waals surface area contributed by atoms with E-state index < -0.39 is 0 Å². The second-order valence-corrected chi connectivity index (χ2v) is 7.13. The van der Waals surface area contributed by atoms with Crippen LogP contribution in [-0.2, 0) is 17.8 Å². The zero-order valence-electron chi connectivity index (χ0n) is 16.9. The van der Waals surface area contributed by atoms with Crippen molar-refractivity contribution in [3.8, 4) is 0 Å². The zero-order chi connectivity index (χ0) is 19.1. The second-order valence-electron chi connectivity index (χ2n) is 7.13. The van der Waals surface area contributed by atoms with Gasteiger partial charge in [-0.05, 0) is 19.8 Å². The Labute approximate surface area is 184 Å². The summed E-state index contributed by atoms with van der Waals surface area (Å²) in [5.74, 6) is 2.10. The van der Waals surface area contributed by atoms with Gasteiger partial charge in [-0.15, -0.1) is 34.2 Å². The van der Waals surface area contributed by atoms with Crippen molar-refractivity contribution in [3.05, 3.63) is 12.2 Å². The Kier molecular flexibility index (Phi) is 9.42. The maximum atomic E-state index is 12.0. The normalized spacial score (nSPS) is 17.9. The monoisotopic (exact) mass is 504 g/mol. The summed E-state index contributed by atoms with van der Waals surface area (Å²) in [5.41, 5.74) is 0. The summed E-state index contributed by atoms with van der Waals surface area (Å²) in [4.78, 5) is 21.3. The highest BCUT2D eigenvalue weighted by molar-refractivity contribution is 14.0. The molecule has 0 atom stereocenters. The lowest BCUT2D eigenvalue weighted by atomic mass is 10.3. The van der Waals surface area contributed by atoms with E-state index in [1.165, 1.54) is 0 Å².